The SMILES string of the molecule is Cc1cc2c(cc1C=O)CCC(C)N2CCCl. The van der Waals surface area contributed by atoms with Crippen LogP contribution >= 0.6 is 11.6 Å². The van der Waals surface area contributed by atoms with E-state index < -0.39 is 0 Å². The number of fused-ring (bicyclic) bond motifs is 1. The number of alkyl halides is 1. The van der Waals surface area contributed by atoms with Crippen molar-refractivity contribution in [2.75, 3.05) is 17.3 Å². The Morgan fingerprint density at radius 3 is 2.94 bits per heavy atom. The Hall–Kier alpha value is -1.02. The van der Waals surface area contributed by atoms with Gasteiger partial charge >= 0.3 is 0 Å². The summed E-state index contributed by atoms with van der Waals surface area (Å²) in [5.74, 6) is 0.637. The van der Waals surface area contributed by atoms with E-state index in [1.54, 1.807) is 0 Å². The monoisotopic (exact) mass is 251 g/mol. The van der Waals surface area contributed by atoms with Gasteiger partial charge in [-0.05, 0) is 49.9 Å². The first kappa shape index (κ1) is 12.4. The van der Waals surface area contributed by atoms with Crippen molar-refractivity contribution in [2.45, 2.75) is 32.7 Å². The van der Waals surface area contributed by atoms with E-state index in [1.165, 1.54) is 11.3 Å². The third-order valence-corrected chi connectivity index (χ3v) is 3.76. The van der Waals surface area contributed by atoms with Gasteiger partial charge in [0.1, 0.15) is 6.29 Å². The number of aldehydes is 1. The van der Waals surface area contributed by atoms with Crippen molar-refractivity contribution >= 4 is 23.6 Å². The quantitative estimate of drug-likeness (QED) is 0.608. The molecule has 0 radical (unpaired) electrons. The zero-order valence-electron chi connectivity index (χ0n) is 10.4. The number of carbonyl (C=O) groups is 1. The number of rotatable bonds is 3. The van der Waals surface area contributed by atoms with Crippen LogP contribution in [-0.4, -0.2) is 24.8 Å². The summed E-state index contributed by atoms with van der Waals surface area (Å²) in [5.41, 5.74) is 4.39. The summed E-state index contributed by atoms with van der Waals surface area (Å²) in [6.07, 6.45) is 3.13. The first-order chi connectivity index (χ1) is 8.17. The van der Waals surface area contributed by atoms with Crippen LogP contribution < -0.4 is 4.90 Å². The molecule has 0 fully saturated rings. The number of benzene rings is 1. The van der Waals surface area contributed by atoms with Crippen LogP contribution in [-0.2, 0) is 6.42 Å². The largest absolute Gasteiger partial charge is 0.367 e. The van der Waals surface area contributed by atoms with E-state index in [2.05, 4.69) is 17.9 Å². The van der Waals surface area contributed by atoms with E-state index in [-0.39, 0.29) is 0 Å². The molecule has 0 spiro atoms. The second-order valence-electron chi connectivity index (χ2n) is 4.73. The molecule has 1 aromatic rings. The molecule has 0 aromatic heterocycles. The molecular weight excluding hydrogens is 234 g/mol. The molecule has 0 N–H and O–H groups in total. The van der Waals surface area contributed by atoms with Crippen LogP contribution in [0.25, 0.3) is 0 Å². The number of anilines is 1. The van der Waals surface area contributed by atoms with Crippen LogP contribution in [0.5, 0.6) is 0 Å². The highest BCUT2D eigenvalue weighted by Crippen LogP contribution is 2.32. The van der Waals surface area contributed by atoms with Crippen molar-refractivity contribution in [3.63, 3.8) is 0 Å². The minimum absolute atomic E-state index is 0.530. The van der Waals surface area contributed by atoms with Gasteiger partial charge in [0.25, 0.3) is 0 Å². The van der Waals surface area contributed by atoms with Crippen molar-refractivity contribution in [1.82, 2.24) is 0 Å². The van der Waals surface area contributed by atoms with E-state index in [9.17, 15) is 4.79 Å². The Labute approximate surface area is 108 Å². The summed E-state index contributed by atoms with van der Waals surface area (Å²) >= 11 is 5.87. The zero-order valence-corrected chi connectivity index (χ0v) is 11.1. The lowest BCUT2D eigenvalue weighted by Crippen LogP contribution is -2.38. The van der Waals surface area contributed by atoms with E-state index in [0.717, 1.165) is 36.8 Å². The molecule has 17 heavy (non-hydrogen) atoms. The smallest absolute Gasteiger partial charge is 0.150 e. The summed E-state index contributed by atoms with van der Waals surface area (Å²) in [6.45, 7) is 5.09. The predicted molar refractivity (Wildman–Crippen MR) is 72.4 cm³/mol. The molecule has 0 amide bonds. The van der Waals surface area contributed by atoms with Gasteiger partial charge in [-0.3, -0.25) is 4.79 Å². The number of aryl methyl sites for hydroxylation is 2. The Morgan fingerprint density at radius 2 is 2.29 bits per heavy atom. The van der Waals surface area contributed by atoms with Gasteiger partial charge in [0, 0.05) is 29.7 Å². The van der Waals surface area contributed by atoms with Gasteiger partial charge in [-0.25, -0.2) is 0 Å². The van der Waals surface area contributed by atoms with Crippen LogP contribution in [0.1, 0.15) is 34.8 Å². The second-order valence-corrected chi connectivity index (χ2v) is 5.10. The van der Waals surface area contributed by atoms with Gasteiger partial charge in [0.2, 0.25) is 0 Å². The van der Waals surface area contributed by atoms with E-state index >= 15 is 0 Å². The summed E-state index contributed by atoms with van der Waals surface area (Å²) in [7, 11) is 0. The molecule has 92 valence electrons. The lowest BCUT2D eigenvalue weighted by molar-refractivity contribution is 0.112. The summed E-state index contributed by atoms with van der Waals surface area (Å²) in [5, 5.41) is 0. The number of halogens is 1. The van der Waals surface area contributed by atoms with Crippen LogP contribution in [0, 0.1) is 6.92 Å². The highest BCUT2D eigenvalue weighted by molar-refractivity contribution is 6.18. The molecule has 1 heterocycles. The molecule has 1 aliphatic rings. The highest BCUT2D eigenvalue weighted by Gasteiger charge is 2.23. The molecule has 2 nitrogen and oxygen atoms in total. The van der Waals surface area contributed by atoms with Gasteiger partial charge in [0.05, 0.1) is 0 Å². The minimum Gasteiger partial charge on any atom is -0.367 e. The highest BCUT2D eigenvalue weighted by atomic mass is 35.5. The third kappa shape index (κ3) is 2.32. The predicted octanol–water partition coefficient (Wildman–Crippen LogP) is 3.19. The fourth-order valence-corrected chi connectivity index (χ4v) is 2.72. The van der Waals surface area contributed by atoms with Crippen LogP contribution in [0.15, 0.2) is 12.1 Å². The summed E-state index contributed by atoms with van der Waals surface area (Å²) in [6, 6.07) is 4.69. The Kier molecular flexibility index (Phi) is 3.72. The summed E-state index contributed by atoms with van der Waals surface area (Å²) in [4.78, 5) is 13.3. The maximum absolute atomic E-state index is 10.9. The fourth-order valence-electron chi connectivity index (χ4n) is 2.54. The average Bonchev–Trinajstić information content (AvgIpc) is 2.33. The molecular formula is C14H18ClNO. The van der Waals surface area contributed by atoms with Crippen molar-refractivity contribution < 1.29 is 4.79 Å². The Bertz CT molecular complexity index is 430. The van der Waals surface area contributed by atoms with Crippen molar-refractivity contribution in [2.24, 2.45) is 0 Å². The van der Waals surface area contributed by atoms with Gasteiger partial charge in [0.15, 0.2) is 0 Å². The van der Waals surface area contributed by atoms with Gasteiger partial charge < -0.3 is 4.90 Å². The lowest BCUT2D eigenvalue weighted by Gasteiger charge is -2.37. The fraction of sp³-hybridized carbons (Fsp3) is 0.500. The molecule has 1 aliphatic heterocycles. The number of hydrogen-bond acceptors (Lipinski definition) is 2. The van der Waals surface area contributed by atoms with Gasteiger partial charge in [-0.15, -0.1) is 11.6 Å². The molecule has 1 aromatic carbocycles. The standard InChI is InChI=1S/C14H18ClNO/c1-10-7-14-12(8-13(10)9-17)4-3-11(2)16(14)6-5-15/h7-9,11H,3-6H2,1-2H3. The van der Waals surface area contributed by atoms with Gasteiger partial charge in [-0.1, -0.05) is 0 Å². The molecule has 0 bridgehead atoms. The molecule has 2 rings (SSSR count). The number of carbonyl (C=O) groups excluding carboxylic acids is 1. The van der Waals surface area contributed by atoms with Gasteiger partial charge in [-0.2, -0.15) is 0 Å². The van der Waals surface area contributed by atoms with E-state index in [0.29, 0.717) is 11.9 Å². The normalized spacial score (nSPS) is 19.0. The molecule has 3 heteroatoms. The Morgan fingerprint density at radius 1 is 1.53 bits per heavy atom. The third-order valence-electron chi connectivity index (χ3n) is 3.59. The topological polar surface area (TPSA) is 20.3 Å². The maximum Gasteiger partial charge on any atom is 0.150 e. The lowest BCUT2D eigenvalue weighted by atomic mass is 9.93. The molecule has 1 unspecified atom stereocenters. The first-order valence-electron chi connectivity index (χ1n) is 6.08. The summed E-state index contributed by atoms with van der Waals surface area (Å²) < 4.78 is 0. The molecule has 0 aliphatic carbocycles. The van der Waals surface area contributed by atoms with Crippen LogP contribution in [0.4, 0.5) is 5.69 Å². The number of hydrogen-bond donors (Lipinski definition) is 0. The Balaban J connectivity index is 2.45. The van der Waals surface area contributed by atoms with E-state index in [4.69, 9.17) is 11.6 Å². The maximum atomic E-state index is 10.9. The molecule has 0 saturated heterocycles. The minimum atomic E-state index is 0.530. The van der Waals surface area contributed by atoms with E-state index in [1.807, 2.05) is 13.0 Å². The first-order valence-corrected chi connectivity index (χ1v) is 6.62. The van der Waals surface area contributed by atoms with Crippen molar-refractivity contribution in [3.8, 4) is 0 Å². The zero-order chi connectivity index (χ0) is 12.4. The second kappa shape index (κ2) is 5.09. The average molecular weight is 252 g/mol. The van der Waals surface area contributed by atoms with Crippen molar-refractivity contribution in [3.05, 3.63) is 28.8 Å². The molecule has 0 saturated carbocycles. The number of nitrogens with zero attached hydrogens (tertiary/aromatic N) is 1. The molecule has 1 atom stereocenters. The van der Waals surface area contributed by atoms with Crippen molar-refractivity contribution in [1.29, 1.82) is 0 Å². The van der Waals surface area contributed by atoms with Crippen LogP contribution in [0.2, 0.25) is 0 Å². The van der Waals surface area contributed by atoms with Crippen LogP contribution in [0.3, 0.4) is 0 Å².